The fourth-order valence-corrected chi connectivity index (χ4v) is 4.05. The number of ether oxygens (including phenoxy) is 2. The van der Waals surface area contributed by atoms with Crippen molar-refractivity contribution < 1.29 is 9.47 Å². The molecular weight excluding hydrogens is 358 g/mol. The van der Waals surface area contributed by atoms with Gasteiger partial charge in [-0.05, 0) is 43.0 Å². The molecule has 2 aromatic heterocycles. The van der Waals surface area contributed by atoms with E-state index in [4.69, 9.17) is 14.5 Å². The lowest BCUT2D eigenvalue weighted by Gasteiger charge is -2.22. The van der Waals surface area contributed by atoms with Gasteiger partial charge in [-0.25, -0.2) is 9.78 Å². The van der Waals surface area contributed by atoms with E-state index in [0.717, 1.165) is 48.4 Å². The Labute approximate surface area is 162 Å². The van der Waals surface area contributed by atoms with Crippen molar-refractivity contribution in [2.75, 3.05) is 25.1 Å². The zero-order valence-corrected chi connectivity index (χ0v) is 16.1. The van der Waals surface area contributed by atoms with Crippen molar-refractivity contribution in [2.24, 2.45) is 7.05 Å². The second kappa shape index (κ2) is 6.63. The van der Waals surface area contributed by atoms with Crippen molar-refractivity contribution in [2.45, 2.75) is 32.2 Å². The highest BCUT2D eigenvalue weighted by Gasteiger charge is 2.23. The monoisotopic (exact) mass is 381 g/mol. The first-order valence-electron chi connectivity index (χ1n) is 9.67. The van der Waals surface area contributed by atoms with Gasteiger partial charge in [0.1, 0.15) is 11.3 Å². The summed E-state index contributed by atoms with van der Waals surface area (Å²) >= 11 is 0. The van der Waals surface area contributed by atoms with Gasteiger partial charge in [0.25, 0.3) is 0 Å². The Morgan fingerprint density at radius 3 is 2.86 bits per heavy atom. The lowest BCUT2D eigenvalue weighted by atomic mass is 10.1. The summed E-state index contributed by atoms with van der Waals surface area (Å²) in [5.41, 5.74) is 4.56. The van der Waals surface area contributed by atoms with E-state index in [1.165, 1.54) is 5.56 Å². The largest absolute Gasteiger partial charge is 0.493 e. The average Bonchev–Trinajstić information content (AvgIpc) is 3.25. The van der Waals surface area contributed by atoms with E-state index in [9.17, 15) is 4.79 Å². The Kier molecular flexibility index (Phi) is 4.08. The number of hydrogen-bond acceptors (Lipinski definition) is 6. The van der Waals surface area contributed by atoms with Crippen molar-refractivity contribution in [3.63, 3.8) is 0 Å². The van der Waals surface area contributed by atoms with Crippen molar-refractivity contribution >= 4 is 22.8 Å². The summed E-state index contributed by atoms with van der Waals surface area (Å²) in [7, 11) is 1.77. The van der Waals surface area contributed by atoms with Crippen LogP contribution in [0, 0.1) is 6.92 Å². The first-order chi connectivity index (χ1) is 13.6. The Morgan fingerprint density at radius 1 is 1.21 bits per heavy atom. The Hall–Kier alpha value is -2.87. The number of anilines is 2. The molecule has 0 atom stereocenters. The molecule has 0 saturated carbocycles. The van der Waals surface area contributed by atoms with Crippen molar-refractivity contribution in [3.05, 3.63) is 39.9 Å². The van der Waals surface area contributed by atoms with Crippen LogP contribution in [0.1, 0.15) is 30.0 Å². The van der Waals surface area contributed by atoms with Crippen LogP contribution < -0.4 is 15.7 Å². The van der Waals surface area contributed by atoms with E-state index < -0.39 is 0 Å². The predicted octanol–water partition coefficient (Wildman–Crippen LogP) is 2.47. The third-order valence-corrected chi connectivity index (χ3v) is 5.67. The van der Waals surface area contributed by atoms with Crippen LogP contribution in [0.5, 0.6) is 5.75 Å². The summed E-state index contributed by atoms with van der Waals surface area (Å²) in [6.07, 6.45) is 4.26. The van der Waals surface area contributed by atoms with E-state index in [0.29, 0.717) is 24.8 Å². The molecule has 8 nitrogen and oxygen atoms in total. The first kappa shape index (κ1) is 17.2. The van der Waals surface area contributed by atoms with E-state index in [1.807, 2.05) is 13.0 Å². The van der Waals surface area contributed by atoms with E-state index >= 15 is 0 Å². The van der Waals surface area contributed by atoms with Crippen LogP contribution in [-0.4, -0.2) is 38.9 Å². The molecule has 28 heavy (non-hydrogen) atoms. The number of benzene rings is 1. The molecule has 5 rings (SSSR count). The third-order valence-electron chi connectivity index (χ3n) is 5.67. The van der Waals surface area contributed by atoms with Crippen LogP contribution in [0.15, 0.2) is 23.1 Å². The molecule has 1 saturated heterocycles. The van der Waals surface area contributed by atoms with Gasteiger partial charge in [-0.2, -0.15) is 4.98 Å². The molecule has 0 bridgehead atoms. The number of imidazole rings is 1. The minimum atomic E-state index is -0.0563. The molecule has 2 aliphatic rings. The molecule has 146 valence electrons. The van der Waals surface area contributed by atoms with Gasteiger partial charge in [0, 0.05) is 38.4 Å². The summed E-state index contributed by atoms with van der Waals surface area (Å²) in [5.74, 6) is 1.44. The SMILES string of the molecule is Cc1cc2c(cc1Nc1ncc3c(n1)n(C1CCOCC1)c(=O)n3C)CCO2. The maximum atomic E-state index is 12.8. The van der Waals surface area contributed by atoms with Gasteiger partial charge in [0.05, 0.1) is 12.8 Å². The first-order valence-corrected chi connectivity index (χ1v) is 9.67. The van der Waals surface area contributed by atoms with E-state index in [2.05, 4.69) is 16.4 Å². The minimum absolute atomic E-state index is 0.0563. The van der Waals surface area contributed by atoms with Crippen molar-refractivity contribution in [3.8, 4) is 5.75 Å². The predicted molar refractivity (Wildman–Crippen MR) is 106 cm³/mol. The highest BCUT2D eigenvalue weighted by atomic mass is 16.5. The van der Waals surface area contributed by atoms with Crippen molar-refractivity contribution in [1.82, 2.24) is 19.1 Å². The lowest BCUT2D eigenvalue weighted by Crippen LogP contribution is -2.30. The van der Waals surface area contributed by atoms with Crippen LogP contribution in [-0.2, 0) is 18.2 Å². The average molecular weight is 381 g/mol. The quantitative estimate of drug-likeness (QED) is 0.750. The molecule has 1 fully saturated rings. The number of rotatable bonds is 3. The number of aromatic nitrogens is 4. The minimum Gasteiger partial charge on any atom is -0.493 e. The zero-order chi connectivity index (χ0) is 19.3. The van der Waals surface area contributed by atoms with Crippen molar-refractivity contribution in [1.29, 1.82) is 0 Å². The smallest absolute Gasteiger partial charge is 0.330 e. The molecule has 0 aliphatic carbocycles. The van der Waals surface area contributed by atoms with Crippen LogP contribution in [0.25, 0.3) is 11.2 Å². The Bertz CT molecular complexity index is 1110. The molecule has 1 aromatic carbocycles. The molecule has 1 N–H and O–H groups in total. The Morgan fingerprint density at radius 2 is 2.04 bits per heavy atom. The van der Waals surface area contributed by atoms with Crippen LogP contribution in [0.2, 0.25) is 0 Å². The number of hydrogen-bond donors (Lipinski definition) is 1. The number of aryl methyl sites for hydroxylation is 2. The highest BCUT2D eigenvalue weighted by Crippen LogP contribution is 2.32. The van der Waals surface area contributed by atoms with Gasteiger partial charge in [0.2, 0.25) is 5.95 Å². The van der Waals surface area contributed by atoms with Crippen LogP contribution >= 0.6 is 0 Å². The zero-order valence-electron chi connectivity index (χ0n) is 16.1. The molecule has 3 aromatic rings. The molecule has 8 heteroatoms. The van der Waals surface area contributed by atoms with E-state index in [-0.39, 0.29) is 11.7 Å². The van der Waals surface area contributed by atoms with Gasteiger partial charge in [-0.15, -0.1) is 0 Å². The number of nitrogens with zero attached hydrogens (tertiary/aromatic N) is 4. The maximum absolute atomic E-state index is 12.8. The Balaban J connectivity index is 1.55. The molecule has 0 unspecified atom stereocenters. The highest BCUT2D eigenvalue weighted by molar-refractivity contribution is 5.73. The second-order valence-electron chi connectivity index (χ2n) is 7.46. The van der Waals surface area contributed by atoms with Gasteiger partial charge < -0.3 is 14.8 Å². The van der Waals surface area contributed by atoms with Gasteiger partial charge in [-0.1, -0.05) is 0 Å². The summed E-state index contributed by atoms with van der Waals surface area (Å²) in [6.45, 7) is 4.09. The fraction of sp³-hybridized carbons (Fsp3) is 0.450. The molecular formula is C20H23N5O3. The molecule has 4 heterocycles. The second-order valence-corrected chi connectivity index (χ2v) is 7.46. The fourth-order valence-electron chi connectivity index (χ4n) is 4.05. The van der Waals surface area contributed by atoms with Gasteiger partial charge >= 0.3 is 5.69 Å². The van der Waals surface area contributed by atoms with Gasteiger partial charge in [0.15, 0.2) is 5.65 Å². The summed E-state index contributed by atoms with van der Waals surface area (Å²) in [4.78, 5) is 22.0. The molecule has 2 aliphatic heterocycles. The number of nitrogens with one attached hydrogen (secondary N) is 1. The van der Waals surface area contributed by atoms with E-state index in [1.54, 1.807) is 22.4 Å². The lowest BCUT2D eigenvalue weighted by molar-refractivity contribution is 0.0695. The van der Waals surface area contributed by atoms with Crippen LogP contribution in [0.4, 0.5) is 11.6 Å². The molecule has 0 spiro atoms. The van der Waals surface area contributed by atoms with Gasteiger partial charge in [-0.3, -0.25) is 9.13 Å². The third kappa shape index (κ3) is 2.75. The molecule has 0 amide bonds. The summed E-state index contributed by atoms with van der Waals surface area (Å²) in [5, 5.41) is 3.33. The topological polar surface area (TPSA) is 83.2 Å². The number of fused-ring (bicyclic) bond motifs is 2. The standard InChI is InChI=1S/C20H23N5O3/c1-12-9-17-13(3-8-28-17)10-15(12)22-19-21-11-16-18(23-19)25(20(26)24(16)2)14-4-6-27-7-5-14/h9-11,14H,3-8H2,1-2H3,(H,21,22,23). The molecule has 0 radical (unpaired) electrons. The maximum Gasteiger partial charge on any atom is 0.330 e. The summed E-state index contributed by atoms with van der Waals surface area (Å²) < 4.78 is 14.5. The van der Waals surface area contributed by atoms with Crippen LogP contribution in [0.3, 0.4) is 0 Å². The summed E-state index contributed by atoms with van der Waals surface area (Å²) in [6, 6.07) is 4.25. The normalized spacial score (nSPS) is 16.9.